The van der Waals surface area contributed by atoms with Crippen molar-refractivity contribution in [3.63, 3.8) is 0 Å². The topological polar surface area (TPSA) is 74.6 Å². The number of carboxylic acid groups (broad SMARTS) is 2. The van der Waals surface area contributed by atoms with E-state index in [4.69, 9.17) is 10.2 Å². The molecule has 0 fully saturated rings. The third-order valence-electron chi connectivity index (χ3n) is 3.41. The van der Waals surface area contributed by atoms with Crippen molar-refractivity contribution in [1.29, 1.82) is 0 Å². The van der Waals surface area contributed by atoms with E-state index in [9.17, 15) is 9.59 Å². The van der Waals surface area contributed by atoms with Crippen molar-refractivity contribution in [3.05, 3.63) is 24.3 Å². The van der Waals surface area contributed by atoms with Gasteiger partial charge in [-0.15, -0.1) is 0 Å². The zero-order chi connectivity index (χ0) is 16.5. The molecule has 0 spiro atoms. The number of carboxylic acids is 2. The van der Waals surface area contributed by atoms with Gasteiger partial charge in [0.05, 0.1) is 0 Å². The summed E-state index contributed by atoms with van der Waals surface area (Å²) in [6.45, 7) is 0. The van der Waals surface area contributed by atoms with Crippen LogP contribution < -0.4 is 0 Å². The molecule has 0 radical (unpaired) electrons. The van der Waals surface area contributed by atoms with Crippen LogP contribution in [-0.4, -0.2) is 22.2 Å². The first kappa shape index (κ1) is 20.4. The van der Waals surface area contributed by atoms with Crippen molar-refractivity contribution in [3.8, 4) is 0 Å². The van der Waals surface area contributed by atoms with Crippen LogP contribution in [0.1, 0.15) is 77.0 Å². The molecule has 0 unspecified atom stereocenters. The predicted octanol–water partition coefficient (Wildman–Crippen LogP) is 4.95. The maximum Gasteiger partial charge on any atom is 0.303 e. The fraction of sp³-hybridized carbons (Fsp3) is 0.667. The van der Waals surface area contributed by atoms with E-state index in [0.29, 0.717) is 6.42 Å². The van der Waals surface area contributed by atoms with Gasteiger partial charge in [0.25, 0.3) is 0 Å². The molecule has 2 N–H and O–H groups in total. The zero-order valence-corrected chi connectivity index (χ0v) is 13.5. The average molecular weight is 310 g/mol. The molecule has 126 valence electrons. The second-order valence-corrected chi connectivity index (χ2v) is 5.55. The molecule has 0 heterocycles. The molecule has 0 aromatic heterocycles. The first-order valence-electron chi connectivity index (χ1n) is 8.38. The van der Waals surface area contributed by atoms with Gasteiger partial charge in [-0.05, 0) is 38.5 Å². The van der Waals surface area contributed by atoms with Crippen LogP contribution in [0.2, 0.25) is 0 Å². The summed E-state index contributed by atoms with van der Waals surface area (Å²) < 4.78 is 0. The molecule has 4 heteroatoms. The normalized spacial score (nSPS) is 11.5. The molecule has 22 heavy (non-hydrogen) atoms. The largest absolute Gasteiger partial charge is 0.481 e. The van der Waals surface area contributed by atoms with Gasteiger partial charge in [0, 0.05) is 12.8 Å². The Bertz CT molecular complexity index is 345. The monoisotopic (exact) mass is 310 g/mol. The Balaban J connectivity index is 3.23. The van der Waals surface area contributed by atoms with Gasteiger partial charge in [0.15, 0.2) is 0 Å². The van der Waals surface area contributed by atoms with Crippen molar-refractivity contribution < 1.29 is 19.8 Å². The molecule has 0 saturated heterocycles. The highest BCUT2D eigenvalue weighted by Gasteiger charge is 1.96. The first-order chi connectivity index (χ1) is 10.6. The Morgan fingerprint density at radius 3 is 1.45 bits per heavy atom. The molecule has 0 saturated carbocycles. The van der Waals surface area contributed by atoms with Gasteiger partial charge < -0.3 is 10.2 Å². The second-order valence-electron chi connectivity index (χ2n) is 5.55. The van der Waals surface area contributed by atoms with Gasteiger partial charge in [-0.2, -0.15) is 0 Å². The predicted molar refractivity (Wildman–Crippen MR) is 89.0 cm³/mol. The van der Waals surface area contributed by atoms with Gasteiger partial charge >= 0.3 is 11.9 Å². The van der Waals surface area contributed by atoms with Gasteiger partial charge in [0.1, 0.15) is 0 Å². The molecule has 0 atom stereocenters. The second kappa shape index (κ2) is 15.8. The minimum Gasteiger partial charge on any atom is -0.481 e. The summed E-state index contributed by atoms with van der Waals surface area (Å²) in [5.41, 5.74) is 0. The van der Waals surface area contributed by atoms with Crippen molar-refractivity contribution in [2.75, 3.05) is 0 Å². The highest BCUT2D eigenvalue weighted by atomic mass is 16.4. The quantitative estimate of drug-likeness (QED) is 0.331. The lowest BCUT2D eigenvalue weighted by Gasteiger charge is -1.99. The maximum absolute atomic E-state index is 10.3. The number of hydrogen-bond acceptors (Lipinski definition) is 2. The number of unbranched alkanes of at least 4 members (excludes halogenated alkanes) is 8. The van der Waals surface area contributed by atoms with Crippen LogP contribution in [0.4, 0.5) is 0 Å². The number of allylic oxidation sites excluding steroid dienone is 4. The molecule has 0 bridgehead atoms. The molecule has 0 aliphatic heterocycles. The van der Waals surface area contributed by atoms with Crippen LogP contribution >= 0.6 is 0 Å². The number of hydrogen-bond donors (Lipinski definition) is 2. The van der Waals surface area contributed by atoms with Crippen LogP contribution in [0.15, 0.2) is 24.3 Å². The average Bonchev–Trinajstić information content (AvgIpc) is 2.46. The summed E-state index contributed by atoms with van der Waals surface area (Å²) in [6, 6.07) is 0. The summed E-state index contributed by atoms with van der Waals surface area (Å²) in [4.78, 5) is 20.6. The van der Waals surface area contributed by atoms with Crippen molar-refractivity contribution in [1.82, 2.24) is 0 Å². The minimum absolute atomic E-state index is 0.264. The third kappa shape index (κ3) is 18.4. The Hall–Kier alpha value is -1.58. The van der Waals surface area contributed by atoms with Gasteiger partial charge in [-0.1, -0.05) is 50.0 Å². The van der Waals surface area contributed by atoms with Gasteiger partial charge in [-0.25, -0.2) is 0 Å². The molecule has 4 nitrogen and oxygen atoms in total. The summed E-state index contributed by atoms with van der Waals surface area (Å²) in [6.07, 6.45) is 19.1. The summed E-state index contributed by atoms with van der Waals surface area (Å²) >= 11 is 0. The third-order valence-corrected chi connectivity index (χ3v) is 3.41. The molecular formula is C18H30O4. The number of carbonyl (C=O) groups is 2. The fourth-order valence-electron chi connectivity index (χ4n) is 2.13. The standard InChI is InChI=1S/C18H30O4/c19-17(20)15-13-11-9-7-5-3-1-2-4-6-8-10-12-14-16-18(21)22/h1,3,5,7H,2,4,6,8-16H2,(H,19,20)(H,21,22). The molecule has 0 aromatic carbocycles. The number of rotatable bonds is 15. The van der Waals surface area contributed by atoms with E-state index in [1.54, 1.807) is 0 Å². The van der Waals surface area contributed by atoms with E-state index < -0.39 is 11.9 Å². The van der Waals surface area contributed by atoms with Crippen LogP contribution in [0.3, 0.4) is 0 Å². The van der Waals surface area contributed by atoms with E-state index in [2.05, 4.69) is 18.2 Å². The smallest absolute Gasteiger partial charge is 0.303 e. The van der Waals surface area contributed by atoms with E-state index in [0.717, 1.165) is 44.9 Å². The SMILES string of the molecule is O=C(O)CCCCC=CC=CCCCCCCCCC(=O)O. The van der Waals surface area contributed by atoms with Crippen LogP contribution in [-0.2, 0) is 9.59 Å². The Morgan fingerprint density at radius 2 is 0.955 bits per heavy atom. The zero-order valence-electron chi connectivity index (χ0n) is 13.5. The minimum atomic E-state index is -0.717. The molecule has 0 rings (SSSR count). The Labute approximate surface area is 133 Å². The number of aliphatic carboxylic acids is 2. The van der Waals surface area contributed by atoms with Crippen LogP contribution in [0.5, 0.6) is 0 Å². The van der Waals surface area contributed by atoms with Gasteiger partial charge in [0.2, 0.25) is 0 Å². The summed E-state index contributed by atoms with van der Waals surface area (Å²) in [7, 11) is 0. The van der Waals surface area contributed by atoms with Crippen LogP contribution in [0, 0.1) is 0 Å². The molecule has 0 aliphatic carbocycles. The first-order valence-corrected chi connectivity index (χ1v) is 8.38. The van der Waals surface area contributed by atoms with Crippen molar-refractivity contribution >= 4 is 11.9 Å². The Kier molecular flexibility index (Phi) is 14.7. The van der Waals surface area contributed by atoms with E-state index in [-0.39, 0.29) is 6.42 Å². The molecule has 0 aromatic rings. The lowest BCUT2D eigenvalue weighted by Crippen LogP contribution is -1.93. The van der Waals surface area contributed by atoms with Crippen molar-refractivity contribution in [2.24, 2.45) is 0 Å². The lowest BCUT2D eigenvalue weighted by molar-refractivity contribution is -0.138. The van der Waals surface area contributed by atoms with Crippen molar-refractivity contribution in [2.45, 2.75) is 77.0 Å². The van der Waals surface area contributed by atoms with E-state index in [1.165, 1.54) is 19.3 Å². The van der Waals surface area contributed by atoms with Crippen LogP contribution in [0.25, 0.3) is 0 Å². The fourth-order valence-corrected chi connectivity index (χ4v) is 2.13. The Morgan fingerprint density at radius 1 is 0.591 bits per heavy atom. The van der Waals surface area contributed by atoms with Gasteiger partial charge in [-0.3, -0.25) is 9.59 Å². The highest BCUT2D eigenvalue weighted by molar-refractivity contribution is 5.66. The van der Waals surface area contributed by atoms with E-state index in [1.807, 2.05) is 6.08 Å². The lowest BCUT2D eigenvalue weighted by atomic mass is 10.1. The summed E-state index contributed by atoms with van der Waals surface area (Å²) in [5, 5.41) is 17.0. The highest BCUT2D eigenvalue weighted by Crippen LogP contribution is 2.09. The molecule has 0 aliphatic rings. The summed E-state index contributed by atoms with van der Waals surface area (Å²) in [5.74, 6) is -1.41. The maximum atomic E-state index is 10.3. The molecule has 0 amide bonds. The molecular weight excluding hydrogens is 280 g/mol. The van der Waals surface area contributed by atoms with E-state index >= 15 is 0 Å².